The first kappa shape index (κ1) is 23.6. The topological polar surface area (TPSA) is 41.6 Å². The van der Waals surface area contributed by atoms with Crippen molar-refractivity contribution < 1.29 is 9.53 Å². The van der Waals surface area contributed by atoms with Crippen LogP contribution < -0.4 is 10.1 Å². The molecule has 0 aromatic heterocycles. The monoisotopic (exact) mass is 430 g/mol. The van der Waals surface area contributed by atoms with Gasteiger partial charge in [0, 0.05) is 36.5 Å². The molecule has 4 nitrogen and oxygen atoms in total. The van der Waals surface area contributed by atoms with Gasteiger partial charge in [-0.3, -0.25) is 9.69 Å². The van der Waals surface area contributed by atoms with Crippen molar-refractivity contribution in [1.29, 1.82) is 0 Å². The SMILES string of the molecule is Cc1ccc(NC(=O)C=Cc2ccc3ccccc3c2)cc1OCCN(C(C)C)C(C)C. The highest BCUT2D eigenvalue weighted by Crippen LogP contribution is 2.23. The second kappa shape index (κ2) is 11.0. The van der Waals surface area contributed by atoms with Gasteiger partial charge in [-0.1, -0.05) is 42.5 Å². The lowest BCUT2D eigenvalue weighted by Crippen LogP contribution is -2.39. The number of benzene rings is 3. The van der Waals surface area contributed by atoms with E-state index in [1.165, 1.54) is 5.39 Å². The van der Waals surface area contributed by atoms with Crippen molar-refractivity contribution in [2.24, 2.45) is 0 Å². The Kier molecular flexibility index (Phi) is 8.07. The average Bonchev–Trinajstić information content (AvgIpc) is 2.76. The first-order valence-electron chi connectivity index (χ1n) is 11.3. The molecule has 0 saturated carbocycles. The first-order chi connectivity index (χ1) is 15.3. The molecule has 0 heterocycles. The molecule has 0 atom stereocenters. The summed E-state index contributed by atoms with van der Waals surface area (Å²) in [5.41, 5.74) is 2.77. The van der Waals surface area contributed by atoms with E-state index in [1.54, 1.807) is 6.08 Å². The molecule has 0 saturated heterocycles. The highest BCUT2D eigenvalue weighted by molar-refractivity contribution is 6.02. The van der Waals surface area contributed by atoms with Gasteiger partial charge in [0.05, 0.1) is 0 Å². The molecular weight excluding hydrogens is 396 g/mol. The summed E-state index contributed by atoms with van der Waals surface area (Å²) in [5.74, 6) is 0.632. The van der Waals surface area contributed by atoms with Gasteiger partial charge in [-0.25, -0.2) is 0 Å². The van der Waals surface area contributed by atoms with Crippen molar-refractivity contribution in [2.75, 3.05) is 18.5 Å². The van der Waals surface area contributed by atoms with E-state index in [4.69, 9.17) is 4.74 Å². The molecule has 1 N–H and O–H groups in total. The predicted octanol–water partition coefficient (Wildman–Crippen LogP) is 6.30. The van der Waals surface area contributed by atoms with Crippen LogP contribution in [0.25, 0.3) is 16.8 Å². The number of anilines is 1. The van der Waals surface area contributed by atoms with Crippen molar-refractivity contribution >= 4 is 28.4 Å². The van der Waals surface area contributed by atoms with Gasteiger partial charge in [0.2, 0.25) is 5.91 Å². The molecule has 0 fully saturated rings. The molecule has 3 aromatic carbocycles. The number of aryl methyl sites for hydroxylation is 1. The van der Waals surface area contributed by atoms with Crippen LogP contribution in [0, 0.1) is 6.92 Å². The van der Waals surface area contributed by atoms with Crippen LogP contribution in [0.5, 0.6) is 5.75 Å². The van der Waals surface area contributed by atoms with Crippen molar-refractivity contribution in [2.45, 2.75) is 46.7 Å². The zero-order valence-electron chi connectivity index (χ0n) is 19.8. The van der Waals surface area contributed by atoms with Crippen LogP contribution in [0.2, 0.25) is 0 Å². The van der Waals surface area contributed by atoms with Crippen LogP contribution in [0.4, 0.5) is 5.69 Å². The van der Waals surface area contributed by atoms with E-state index in [1.807, 2.05) is 49.4 Å². The molecular formula is C28H34N2O2. The summed E-state index contributed by atoms with van der Waals surface area (Å²) in [6.07, 6.45) is 3.40. The zero-order valence-corrected chi connectivity index (χ0v) is 19.8. The zero-order chi connectivity index (χ0) is 23.1. The third kappa shape index (κ3) is 6.44. The van der Waals surface area contributed by atoms with Crippen LogP contribution in [0.15, 0.2) is 66.7 Å². The van der Waals surface area contributed by atoms with Crippen molar-refractivity contribution in [3.05, 3.63) is 77.9 Å². The third-order valence-electron chi connectivity index (χ3n) is 5.59. The Morgan fingerprint density at radius 3 is 2.41 bits per heavy atom. The smallest absolute Gasteiger partial charge is 0.248 e. The minimum atomic E-state index is -0.168. The molecule has 0 aliphatic heterocycles. The summed E-state index contributed by atoms with van der Waals surface area (Å²) >= 11 is 0. The predicted molar refractivity (Wildman–Crippen MR) is 135 cm³/mol. The Hall–Kier alpha value is -3.11. The number of ether oxygens (including phenoxy) is 1. The normalized spacial score (nSPS) is 11.8. The molecule has 3 rings (SSSR count). The number of hydrogen-bond acceptors (Lipinski definition) is 3. The summed E-state index contributed by atoms with van der Waals surface area (Å²) in [7, 11) is 0. The minimum absolute atomic E-state index is 0.168. The molecule has 3 aromatic rings. The summed E-state index contributed by atoms with van der Waals surface area (Å²) in [6, 6.07) is 21.1. The van der Waals surface area contributed by atoms with Gasteiger partial charge in [0.15, 0.2) is 0 Å². The number of carbonyl (C=O) groups excluding carboxylic acids is 1. The number of hydrogen-bond donors (Lipinski definition) is 1. The number of nitrogens with one attached hydrogen (secondary N) is 1. The summed E-state index contributed by atoms with van der Waals surface area (Å²) < 4.78 is 6.05. The molecule has 1 amide bonds. The van der Waals surface area contributed by atoms with Crippen molar-refractivity contribution in [3.63, 3.8) is 0 Å². The highest BCUT2D eigenvalue weighted by Gasteiger charge is 2.13. The number of rotatable bonds is 9. The van der Waals surface area contributed by atoms with Crippen LogP contribution in [-0.4, -0.2) is 36.0 Å². The lowest BCUT2D eigenvalue weighted by molar-refractivity contribution is -0.111. The molecule has 0 aliphatic carbocycles. The molecule has 0 unspecified atom stereocenters. The quantitative estimate of drug-likeness (QED) is 0.405. The maximum atomic E-state index is 12.5. The van der Waals surface area contributed by atoms with Gasteiger partial charge in [-0.05, 0) is 74.7 Å². The second-order valence-electron chi connectivity index (χ2n) is 8.68. The van der Waals surface area contributed by atoms with Gasteiger partial charge in [0.1, 0.15) is 12.4 Å². The van der Waals surface area contributed by atoms with Gasteiger partial charge >= 0.3 is 0 Å². The molecule has 4 heteroatoms. The van der Waals surface area contributed by atoms with E-state index < -0.39 is 0 Å². The summed E-state index contributed by atoms with van der Waals surface area (Å²) in [6.45, 7) is 12.3. The summed E-state index contributed by atoms with van der Waals surface area (Å²) in [5, 5.41) is 5.28. The number of nitrogens with zero attached hydrogens (tertiary/aromatic N) is 1. The molecule has 168 valence electrons. The number of fused-ring (bicyclic) bond motifs is 1. The third-order valence-corrected chi connectivity index (χ3v) is 5.59. The largest absolute Gasteiger partial charge is 0.492 e. The van der Waals surface area contributed by atoms with Gasteiger partial charge in [0.25, 0.3) is 0 Å². The fourth-order valence-electron chi connectivity index (χ4n) is 3.87. The van der Waals surface area contributed by atoms with Crippen molar-refractivity contribution in [1.82, 2.24) is 4.90 Å². The van der Waals surface area contributed by atoms with E-state index in [2.05, 4.69) is 62.2 Å². The molecule has 0 radical (unpaired) electrons. The van der Waals surface area contributed by atoms with Crippen molar-refractivity contribution in [3.8, 4) is 5.75 Å². The van der Waals surface area contributed by atoms with E-state index in [-0.39, 0.29) is 5.91 Å². The van der Waals surface area contributed by atoms with Crippen LogP contribution in [0.1, 0.15) is 38.8 Å². The lowest BCUT2D eigenvalue weighted by Gasteiger charge is -2.30. The number of amides is 1. The van der Waals surface area contributed by atoms with E-state index in [0.717, 1.165) is 34.5 Å². The van der Waals surface area contributed by atoms with E-state index >= 15 is 0 Å². The fraction of sp³-hybridized carbons (Fsp3) is 0.321. The molecule has 0 bridgehead atoms. The minimum Gasteiger partial charge on any atom is -0.492 e. The Labute approximate surface area is 191 Å². The van der Waals surface area contributed by atoms with Gasteiger partial charge < -0.3 is 10.1 Å². The lowest BCUT2D eigenvalue weighted by atomic mass is 10.1. The van der Waals surface area contributed by atoms with Crippen LogP contribution >= 0.6 is 0 Å². The standard InChI is InChI=1S/C28H34N2O2/c1-20(2)30(21(3)4)16-17-32-27-19-26(14-10-22(27)5)29-28(31)15-12-23-11-13-24-8-6-7-9-25(24)18-23/h6-15,18-21H,16-17H2,1-5H3,(H,29,31). The van der Waals surface area contributed by atoms with Gasteiger partial charge in [-0.2, -0.15) is 0 Å². The molecule has 0 aliphatic rings. The summed E-state index contributed by atoms with van der Waals surface area (Å²) in [4.78, 5) is 14.9. The number of carbonyl (C=O) groups is 1. The molecule has 32 heavy (non-hydrogen) atoms. The van der Waals surface area contributed by atoms with Crippen LogP contribution in [-0.2, 0) is 4.79 Å². The molecule has 0 spiro atoms. The van der Waals surface area contributed by atoms with Crippen LogP contribution in [0.3, 0.4) is 0 Å². The Balaban J connectivity index is 1.60. The second-order valence-corrected chi connectivity index (χ2v) is 8.68. The van der Waals surface area contributed by atoms with E-state index in [9.17, 15) is 4.79 Å². The van der Waals surface area contributed by atoms with Gasteiger partial charge in [-0.15, -0.1) is 0 Å². The Morgan fingerprint density at radius 2 is 1.69 bits per heavy atom. The highest BCUT2D eigenvalue weighted by atomic mass is 16.5. The Bertz CT molecular complexity index is 1080. The fourth-order valence-corrected chi connectivity index (χ4v) is 3.87. The maximum absolute atomic E-state index is 12.5. The Morgan fingerprint density at radius 1 is 0.969 bits per heavy atom. The first-order valence-corrected chi connectivity index (χ1v) is 11.3. The maximum Gasteiger partial charge on any atom is 0.248 e. The van der Waals surface area contributed by atoms with E-state index in [0.29, 0.717) is 18.7 Å². The average molecular weight is 431 g/mol.